The Morgan fingerprint density at radius 3 is 1.95 bits per heavy atom. The number of fused-ring (bicyclic) bond motifs is 1. The first-order chi connectivity index (χ1) is 9.60. The number of benzene rings is 2. The zero-order chi connectivity index (χ0) is 14.3. The summed E-state index contributed by atoms with van der Waals surface area (Å²) in [7, 11) is 1.52. The molecule has 1 aliphatic carbocycles. The van der Waals surface area contributed by atoms with E-state index in [-0.39, 0.29) is 11.6 Å². The molecule has 4 heteroatoms. The fourth-order valence-electron chi connectivity index (χ4n) is 2.53. The minimum Gasteiger partial charge on any atom is -0.496 e. The van der Waals surface area contributed by atoms with E-state index in [0.29, 0.717) is 22.4 Å². The molecule has 0 aromatic heterocycles. The highest BCUT2D eigenvalue weighted by atomic mass is 79.9. The summed E-state index contributed by atoms with van der Waals surface area (Å²) in [5, 5.41) is 0. The lowest BCUT2D eigenvalue weighted by Gasteiger charge is -2.21. The Labute approximate surface area is 124 Å². The lowest BCUT2D eigenvalue weighted by molar-refractivity contribution is 0.0869. The van der Waals surface area contributed by atoms with E-state index in [4.69, 9.17) is 4.74 Å². The fraction of sp³-hybridized carbons (Fsp3) is 0.125. The van der Waals surface area contributed by atoms with Crippen molar-refractivity contribution in [2.75, 3.05) is 7.11 Å². The molecule has 0 fully saturated rings. The molecule has 0 bridgehead atoms. The van der Waals surface area contributed by atoms with Crippen molar-refractivity contribution >= 4 is 27.5 Å². The van der Waals surface area contributed by atoms with E-state index < -0.39 is 4.32 Å². The van der Waals surface area contributed by atoms with Gasteiger partial charge in [-0.05, 0) is 6.07 Å². The number of ketones is 2. The summed E-state index contributed by atoms with van der Waals surface area (Å²) in [6.45, 7) is 0. The number of rotatable bonds is 2. The zero-order valence-electron chi connectivity index (χ0n) is 10.7. The Hall–Kier alpha value is -1.94. The highest BCUT2D eigenvalue weighted by molar-refractivity contribution is 9.10. The van der Waals surface area contributed by atoms with E-state index in [1.807, 2.05) is 0 Å². The van der Waals surface area contributed by atoms with E-state index in [9.17, 15) is 9.59 Å². The van der Waals surface area contributed by atoms with Gasteiger partial charge in [-0.3, -0.25) is 9.59 Å². The lowest BCUT2D eigenvalue weighted by Crippen LogP contribution is -2.31. The van der Waals surface area contributed by atoms with Gasteiger partial charge in [0.2, 0.25) is 0 Å². The van der Waals surface area contributed by atoms with Crippen LogP contribution in [0.15, 0.2) is 48.5 Å². The Kier molecular flexibility index (Phi) is 2.98. The molecule has 0 heterocycles. The van der Waals surface area contributed by atoms with Crippen molar-refractivity contribution in [3.63, 3.8) is 0 Å². The normalized spacial score (nSPS) is 16.1. The number of carbonyl (C=O) groups excluding carboxylic acids is 2. The number of ether oxygens (including phenoxy) is 1. The van der Waals surface area contributed by atoms with Gasteiger partial charge < -0.3 is 4.74 Å². The zero-order valence-corrected chi connectivity index (χ0v) is 12.3. The van der Waals surface area contributed by atoms with E-state index in [1.165, 1.54) is 7.11 Å². The van der Waals surface area contributed by atoms with Gasteiger partial charge in [0.25, 0.3) is 0 Å². The van der Waals surface area contributed by atoms with Gasteiger partial charge in [-0.1, -0.05) is 58.4 Å². The molecule has 0 radical (unpaired) electrons. The Morgan fingerprint density at radius 1 is 0.900 bits per heavy atom. The molecule has 0 spiro atoms. The van der Waals surface area contributed by atoms with Crippen LogP contribution in [0.1, 0.15) is 26.3 Å². The van der Waals surface area contributed by atoms with E-state index in [2.05, 4.69) is 15.9 Å². The molecule has 100 valence electrons. The third kappa shape index (κ3) is 1.58. The largest absolute Gasteiger partial charge is 0.496 e. The van der Waals surface area contributed by atoms with Crippen molar-refractivity contribution in [3.8, 4) is 5.75 Å². The number of Topliss-reactive ketones (excluding diaryl/α,β-unsaturated/α-hetero) is 2. The van der Waals surface area contributed by atoms with Crippen LogP contribution in [0, 0.1) is 0 Å². The summed E-state index contributed by atoms with van der Waals surface area (Å²) in [5.74, 6) is 0.0177. The van der Waals surface area contributed by atoms with Gasteiger partial charge in [-0.25, -0.2) is 0 Å². The van der Waals surface area contributed by atoms with Gasteiger partial charge in [-0.2, -0.15) is 0 Å². The third-order valence-corrected chi connectivity index (χ3v) is 4.67. The fourth-order valence-corrected chi connectivity index (χ4v) is 3.28. The summed E-state index contributed by atoms with van der Waals surface area (Å²) >= 11 is 3.38. The minimum absolute atomic E-state index is 0.248. The summed E-state index contributed by atoms with van der Waals surface area (Å²) in [6.07, 6.45) is 0. The predicted molar refractivity (Wildman–Crippen MR) is 78.7 cm³/mol. The average molecular weight is 331 g/mol. The number of halogens is 1. The van der Waals surface area contributed by atoms with Gasteiger partial charge in [0.05, 0.1) is 7.11 Å². The first-order valence-corrected chi connectivity index (χ1v) is 6.91. The quantitative estimate of drug-likeness (QED) is 0.626. The number of hydrogen-bond donors (Lipinski definition) is 0. The number of carbonyl (C=O) groups is 2. The average Bonchev–Trinajstić information content (AvgIpc) is 2.70. The summed E-state index contributed by atoms with van der Waals surface area (Å²) in [6, 6.07) is 13.9. The summed E-state index contributed by atoms with van der Waals surface area (Å²) in [5.41, 5.74) is 1.43. The predicted octanol–water partition coefficient (Wildman–Crippen LogP) is 3.36. The number of alkyl halides is 1. The van der Waals surface area contributed by atoms with Crippen LogP contribution < -0.4 is 4.74 Å². The maximum atomic E-state index is 12.7. The van der Waals surface area contributed by atoms with Crippen LogP contribution in [0.4, 0.5) is 0 Å². The molecule has 0 saturated carbocycles. The molecule has 20 heavy (non-hydrogen) atoms. The second kappa shape index (κ2) is 4.56. The molecule has 0 aliphatic heterocycles. The molecule has 0 amide bonds. The first kappa shape index (κ1) is 13.1. The van der Waals surface area contributed by atoms with Crippen LogP contribution in [-0.4, -0.2) is 18.7 Å². The highest BCUT2D eigenvalue weighted by Crippen LogP contribution is 2.47. The molecule has 1 aliphatic rings. The Bertz CT molecular complexity index is 686. The summed E-state index contributed by atoms with van der Waals surface area (Å²) < 4.78 is 3.90. The molecule has 3 nitrogen and oxygen atoms in total. The Balaban J connectivity index is 2.25. The number of methoxy groups -OCH3 is 1. The van der Waals surface area contributed by atoms with Crippen molar-refractivity contribution in [2.45, 2.75) is 4.32 Å². The molecule has 0 atom stereocenters. The first-order valence-electron chi connectivity index (χ1n) is 6.11. The van der Waals surface area contributed by atoms with Gasteiger partial charge in [0, 0.05) is 16.7 Å². The van der Waals surface area contributed by atoms with Crippen LogP contribution in [0.3, 0.4) is 0 Å². The van der Waals surface area contributed by atoms with Gasteiger partial charge >= 0.3 is 0 Å². The molecule has 0 N–H and O–H groups in total. The van der Waals surface area contributed by atoms with Crippen molar-refractivity contribution in [1.82, 2.24) is 0 Å². The minimum atomic E-state index is -1.39. The standard InChI is InChI=1S/C16H11BrO3/c1-20-13-9-5-4-8-12(13)16(17)14(18)10-6-2-3-7-11(10)15(16)19/h2-9H,1H3. The maximum absolute atomic E-state index is 12.7. The molecular weight excluding hydrogens is 320 g/mol. The smallest absolute Gasteiger partial charge is 0.192 e. The van der Waals surface area contributed by atoms with Crippen molar-refractivity contribution < 1.29 is 14.3 Å². The Morgan fingerprint density at radius 2 is 1.40 bits per heavy atom. The van der Waals surface area contributed by atoms with Crippen LogP contribution in [0.2, 0.25) is 0 Å². The molecule has 2 aromatic rings. The van der Waals surface area contributed by atoms with Crippen LogP contribution in [0.25, 0.3) is 0 Å². The van der Waals surface area contributed by atoms with Crippen molar-refractivity contribution in [3.05, 3.63) is 65.2 Å². The van der Waals surface area contributed by atoms with Crippen molar-refractivity contribution in [1.29, 1.82) is 0 Å². The van der Waals surface area contributed by atoms with Crippen molar-refractivity contribution in [2.24, 2.45) is 0 Å². The second-order valence-electron chi connectivity index (χ2n) is 4.56. The van der Waals surface area contributed by atoms with E-state index in [0.717, 1.165) is 0 Å². The molecular formula is C16H11BrO3. The number of para-hydroxylation sites is 1. The van der Waals surface area contributed by atoms with Gasteiger partial charge in [0.1, 0.15) is 5.75 Å². The molecule has 3 rings (SSSR count). The van der Waals surface area contributed by atoms with E-state index in [1.54, 1.807) is 48.5 Å². The summed E-state index contributed by atoms with van der Waals surface area (Å²) in [4.78, 5) is 25.3. The molecule has 0 unspecified atom stereocenters. The molecule has 2 aromatic carbocycles. The SMILES string of the molecule is COc1ccccc1C1(Br)C(=O)c2ccccc2C1=O. The maximum Gasteiger partial charge on any atom is 0.192 e. The van der Waals surface area contributed by atoms with Crippen LogP contribution >= 0.6 is 15.9 Å². The van der Waals surface area contributed by atoms with Gasteiger partial charge in [-0.15, -0.1) is 0 Å². The number of hydrogen-bond acceptors (Lipinski definition) is 3. The highest BCUT2D eigenvalue weighted by Gasteiger charge is 2.53. The monoisotopic (exact) mass is 330 g/mol. The second-order valence-corrected chi connectivity index (χ2v) is 5.75. The van der Waals surface area contributed by atoms with Crippen LogP contribution in [-0.2, 0) is 4.32 Å². The lowest BCUT2D eigenvalue weighted by atomic mass is 9.93. The van der Waals surface area contributed by atoms with Crippen LogP contribution in [0.5, 0.6) is 5.75 Å². The topological polar surface area (TPSA) is 43.4 Å². The van der Waals surface area contributed by atoms with E-state index >= 15 is 0 Å². The van der Waals surface area contributed by atoms with Gasteiger partial charge in [0.15, 0.2) is 15.9 Å². The third-order valence-electron chi connectivity index (χ3n) is 3.52. The molecule has 0 saturated heterocycles.